The molecule has 120 valence electrons. The van der Waals surface area contributed by atoms with E-state index in [0.29, 0.717) is 25.7 Å². The van der Waals surface area contributed by atoms with Gasteiger partial charge in [0, 0.05) is 24.9 Å². The SMILES string of the molecule is COCc1ccccc1NCC(O)COC(C)CC(C)C. The van der Waals surface area contributed by atoms with Crippen LogP contribution in [0.2, 0.25) is 0 Å². The Hall–Kier alpha value is -1.10. The van der Waals surface area contributed by atoms with Gasteiger partial charge in [-0.1, -0.05) is 32.0 Å². The third-order valence-electron chi connectivity index (χ3n) is 3.22. The molecule has 1 rings (SSSR count). The minimum Gasteiger partial charge on any atom is -0.389 e. The first-order valence-electron chi connectivity index (χ1n) is 7.63. The van der Waals surface area contributed by atoms with E-state index in [1.807, 2.05) is 31.2 Å². The Morgan fingerprint density at radius 3 is 2.57 bits per heavy atom. The molecule has 1 aromatic rings. The molecular weight excluding hydrogens is 266 g/mol. The Bertz CT molecular complexity index is 395. The number of para-hydroxylation sites is 1. The van der Waals surface area contributed by atoms with Gasteiger partial charge in [-0.05, 0) is 25.3 Å². The molecule has 0 spiro atoms. The number of methoxy groups -OCH3 is 1. The Morgan fingerprint density at radius 2 is 1.90 bits per heavy atom. The number of anilines is 1. The van der Waals surface area contributed by atoms with Crippen molar-refractivity contribution in [2.24, 2.45) is 5.92 Å². The fourth-order valence-electron chi connectivity index (χ4n) is 2.27. The molecule has 0 saturated carbocycles. The van der Waals surface area contributed by atoms with E-state index in [4.69, 9.17) is 9.47 Å². The average Bonchev–Trinajstić information content (AvgIpc) is 2.44. The Morgan fingerprint density at radius 1 is 1.19 bits per heavy atom. The molecule has 21 heavy (non-hydrogen) atoms. The maximum absolute atomic E-state index is 10.00. The van der Waals surface area contributed by atoms with Crippen molar-refractivity contribution in [2.45, 2.75) is 46.0 Å². The van der Waals surface area contributed by atoms with Crippen LogP contribution in [-0.4, -0.2) is 37.6 Å². The van der Waals surface area contributed by atoms with Gasteiger partial charge in [-0.2, -0.15) is 0 Å². The van der Waals surface area contributed by atoms with Gasteiger partial charge in [0.05, 0.1) is 25.4 Å². The van der Waals surface area contributed by atoms with Gasteiger partial charge in [-0.3, -0.25) is 0 Å². The van der Waals surface area contributed by atoms with Crippen LogP contribution in [0.5, 0.6) is 0 Å². The molecule has 0 aliphatic rings. The lowest BCUT2D eigenvalue weighted by molar-refractivity contribution is -0.00444. The van der Waals surface area contributed by atoms with Crippen LogP contribution < -0.4 is 5.32 Å². The highest BCUT2D eigenvalue weighted by Gasteiger charge is 2.10. The normalized spacial score (nSPS) is 14.2. The Balaban J connectivity index is 2.34. The van der Waals surface area contributed by atoms with Gasteiger partial charge in [-0.15, -0.1) is 0 Å². The summed E-state index contributed by atoms with van der Waals surface area (Å²) in [4.78, 5) is 0. The monoisotopic (exact) mass is 295 g/mol. The van der Waals surface area contributed by atoms with E-state index in [1.54, 1.807) is 7.11 Å². The van der Waals surface area contributed by atoms with Crippen LogP contribution in [0.15, 0.2) is 24.3 Å². The second kappa shape index (κ2) is 9.77. The summed E-state index contributed by atoms with van der Waals surface area (Å²) in [6.45, 7) is 7.77. The number of benzene rings is 1. The number of hydrogen-bond acceptors (Lipinski definition) is 4. The molecule has 0 saturated heterocycles. The van der Waals surface area contributed by atoms with Crippen molar-refractivity contribution >= 4 is 5.69 Å². The van der Waals surface area contributed by atoms with Crippen molar-refractivity contribution in [1.29, 1.82) is 0 Å². The van der Waals surface area contributed by atoms with E-state index in [9.17, 15) is 5.11 Å². The van der Waals surface area contributed by atoms with E-state index in [-0.39, 0.29) is 6.10 Å². The van der Waals surface area contributed by atoms with Crippen LogP contribution in [0, 0.1) is 5.92 Å². The van der Waals surface area contributed by atoms with Gasteiger partial charge in [0.15, 0.2) is 0 Å². The maximum Gasteiger partial charge on any atom is 0.0945 e. The van der Waals surface area contributed by atoms with Crippen molar-refractivity contribution in [1.82, 2.24) is 0 Å². The average molecular weight is 295 g/mol. The van der Waals surface area contributed by atoms with Crippen LogP contribution in [0.25, 0.3) is 0 Å². The van der Waals surface area contributed by atoms with Crippen LogP contribution in [-0.2, 0) is 16.1 Å². The first-order valence-corrected chi connectivity index (χ1v) is 7.63. The number of aliphatic hydroxyl groups excluding tert-OH is 1. The highest BCUT2D eigenvalue weighted by atomic mass is 16.5. The second-order valence-electron chi connectivity index (χ2n) is 5.90. The van der Waals surface area contributed by atoms with Crippen LogP contribution >= 0.6 is 0 Å². The number of hydrogen-bond donors (Lipinski definition) is 2. The smallest absolute Gasteiger partial charge is 0.0945 e. The molecule has 0 fully saturated rings. The maximum atomic E-state index is 10.00. The number of nitrogens with one attached hydrogen (secondary N) is 1. The van der Waals surface area contributed by atoms with Gasteiger partial charge in [0.1, 0.15) is 0 Å². The topological polar surface area (TPSA) is 50.7 Å². The summed E-state index contributed by atoms with van der Waals surface area (Å²) in [7, 11) is 1.68. The molecule has 0 aromatic heterocycles. The summed E-state index contributed by atoms with van der Waals surface area (Å²) in [5, 5.41) is 13.2. The van der Waals surface area contributed by atoms with E-state index in [0.717, 1.165) is 17.7 Å². The number of ether oxygens (including phenoxy) is 2. The van der Waals surface area contributed by atoms with Crippen LogP contribution in [0.4, 0.5) is 5.69 Å². The molecule has 0 radical (unpaired) electrons. The fraction of sp³-hybridized carbons (Fsp3) is 0.647. The Labute approximate surface area is 128 Å². The second-order valence-corrected chi connectivity index (χ2v) is 5.90. The standard InChI is InChI=1S/C17H29NO3/c1-13(2)9-14(3)21-12-16(19)10-18-17-8-6-5-7-15(17)11-20-4/h5-8,13-14,16,18-19H,9-12H2,1-4H3. The third-order valence-corrected chi connectivity index (χ3v) is 3.22. The highest BCUT2D eigenvalue weighted by molar-refractivity contribution is 5.50. The van der Waals surface area contributed by atoms with Crippen molar-refractivity contribution < 1.29 is 14.6 Å². The first-order chi connectivity index (χ1) is 10.0. The van der Waals surface area contributed by atoms with Crippen molar-refractivity contribution in [2.75, 3.05) is 25.6 Å². The molecule has 2 unspecified atom stereocenters. The lowest BCUT2D eigenvalue weighted by atomic mass is 10.1. The summed E-state index contributed by atoms with van der Waals surface area (Å²) in [6.07, 6.45) is 0.673. The van der Waals surface area contributed by atoms with E-state index in [2.05, 4.69) is 19.2 Å². The molecular formula is C17H29NO3. The molecule has 1 aromatic carbocycles. The van der Waals surface area contributed by atoms with Gasteiger partial charge in [-0.25, -0.2) is 0 Å². The van der Waals surface area contributed by atoms with Crippen LogP contribution in [0.3, 0.4) is 0 Å². The molecule has 0 aliphatic heterocycles. The van der Waals surface area contributed by atoms with Crippen molar-refractivity contribution in [3.8, 4) is 0 Å². The zero-order chi connectivity index (χ0) is 15.7. The quantitative estimate of drug-likeness (QED) is 0.696. The van der Waals surface area contributed by atoms with Crippen LogP contribution in [0.1, 0.15) is 32.8 Å². The van der Waals surface area contributed by atoms with Gasteiger partial charge in [0.25, 0.3) is 0 Å². The van der Waals surface area contributed by atoms with Crippen molar-refractivity contribution in [3.63, 3.8) is 0 Å². The number of rotatable bonds is 10. The minimum atomic E-state index is -0.518. The molecule has 4 nitrogen and oxygen atoms in total. The summed E-state index contributed by atoms with van der Waals surface area (Å²) >= 11 is 0. The van der Waals surface area contributed by atoms with E-state index in [1.165, 1.54) is 0 Å². The molecule has 2 atom stereocenters. The molecule has 4 heteroatoms. The lowest BCUT2D eigenvalue weighted by Gasteiger charge is -2.19. The first kappa shape index (κ1) is 18.0. The molecule has 0 heterocycles. The molecule has 0 bridgehead atoms. The summed E-state index contributed by atoms with van der Waals surface area (Å²) in [5.41, 5.74) is 2.08. The highest BCUT2D eigenvalue weighted by Crippen LogP contribution is 2.15. The largest absolute Gasteiger partial charge is 0.389 e. The zero-order valence-electron chi connectivity index (χ0n) is 13.6. The molecule has 2 N–H and O–H groups in total. The molecule has 0 amide bonds. The van der Waals surface area contributed by atoms with Gasteiger partial charge in [0.2, 0.25) is 0 Å². The zero-order valence-corrected chi connectivity index (χ0v) is 13.6. The predicted octanol–water partition coefficient (Wildman–Crippen LogP) is 3.06. The lowest BCUT2D eigenvalue weighted by Crippen LogP contribution is -2.27. The fourth-order valence-corrected chi connectivity index (χ4v) is 2.27. The van der Waals surface area contributed by atoms with Gasteiger partial charge < -0.3 is 19.9 Å². The summed E-state index contributed by atoms with van der Waals surface area (Å²) in [5.74, 6) is 0.608. The van der Waals surface area contributed by atoms with Crippen molar-refractivity contribution in [3.05, 3.63) is 29.8 Å². The number of aliphatic hydroxyl groups is 1. The third kappa shape index (κ3) is 7.46. The molecule has 0 aliphatic carbocycles. The Kier molecular flexibility index (Phi) is 8.35. The van der Waals surface area contributed by atoms with E-state index >= 15 is 0 Å². The predicted molar refractivity (Wildman–Crippen MR) is 86.5 cm³/mol. The minimum absolute atomic E-state index is 0.181. The van der Waals surface area contributed by atoms with Gasteiger partial charge >= 0.3 is 0 Å². The summed E-state index contributed by atoms with van der Waals surface area (Å²) < 4.78 is 10.8. The van der Waals surface area contributed by atoms with E-state index < -0.39 is 6.10 Å². The summed E-state index contributed by atoms with van der Waals surface area (Å²) in [6, 6.07) is 7.95.